The molecule has 74 valence electrons. The van der Waals surface area contributed by atoms with Crippen molar-refractivity contribution in [2.24, 2.45) is 0 Å². The second-order valence-corrected chi connectivity index (χ2v) is 3.42. The lowest BCUT2D eigenvalue weighted by molar-refractivity contribution is 0.0987. The quantitative estimate of drug-likeness (QED) is 0.624. The molecule has 4 nitrogen and oxygen atoms in total. The predicted octanol–water partition coefficient (Wildman–Crippen LogP) is 1.06. The molecule has 0 fully saturated rings. The summed E-state index contributed by atoms with van der Waals surface area (Å²) in [5, 5.41) is 0. The van der Waals surface area contributed by atoms with Crippen LogP contribution in [0.5, 0.6) is 0 Å². The van der Waals surface area contributed by atoms with E-state index in [4.69, 9.17) is 4.74 Å². The van der Waals surface area contributed by atoms with Crippen molar-refractivity contribution in [1.29, 1.82) is 0 Å². The van der Waals surface area contributed by atoms with Gasteiger partial charge in [0.25, 0.3) is 0 Å². The minimum absolute atomic E-state index is 0.0959. The van der Waals surface area contributed by atoms with Gasteiger partial charge in [0.2, 0.25) is 0 Å². The maximum atomic E-state index is 11.1. The van der Waals surface area contributed by atoms with Crippen LogP contribution in [0.25, 0.3) is 0 Å². The number of hydrogen-bond acceptors (Lipinski definition) is 4. The first-order valence-electron chi connectivity index (χ1n) is 4.63. The van der Waals surface area contributed by atoms with Gasteiger partial charge in [-0.2, -0.15) is 0 Å². The van der Waals surface area contributed by atoms with Gasteiger partial charge < -0.3 is 4.74 Å². The molecule has 2 rings (SSSR count). The van der Waals surface area contributed by atoms with Crippen LogP contribution in [0.4, 0.5) is 0 Å². The number of rotatable bonds is 1. The van der Waals surface area contributed by atoms with E-state index in [-0.39, 0.29) is 5.78 Å². The lowest BCUT2D eigenvalue weighted by Gasteiger charge is -2.17. The number of aryl methyl sites for hydroxylation is 1. The minimum Gasteiger partial charge on any atom is -0.375 e. The first kappa shape index (κ1) is 9.27. The summed E-state index contributed by atoms with van der Waals surface area (Å²) < 4.78 is 5.28. The van der Waals surface area contributed by atoms with Crippen LogP contribution in [-0.2, 0) is 17.8 Å². The number of ether oxygens (including phenoxy) is 1. The van der Waals surface area contributed by atoms with Crippen LogP contribution in [0.15, 0.2) is 0 Å². The summed E-state index contributed by atoms with van der Waals surface area (Å²) in [6.07, 6.45) is 0.847. The van der Waals surface area contributed by atoms with E-state index >= 15 is 0 Å². The number of hydrogen-bond donors (Lipinski definition) is 0. The van der Waals surface area contributed by atoms with E-state index in [2.05, 4.69) is 9.97 Å². The zero-order chi connectivity index (χ0) is 10.1. The Morgan fingerprint density at radius 1 is 1.43 bits per heavy atom. The summed E-state index contributed by atoms with van der Waals surface area (Å²) in [4.78, 5) is 19.5. The Labute approximate surface area is 82.3 Å². The van der Waals surface area contributed by atoms with Crippen LogP contribution >= 0.6 is 0 Å². The molecule has 0 atom stereocenters. The van der Waals surface area contributed by atoms with Crippen LogP contribution in [0.1, 0.15) is 34.5 Å². The zero-order valence-corrected chi connectivity index (χ0v) is 8.33. The first-order valence-corrected chi connectivity index (χ1v) is 4.63. The second-order valence-electron chi connectivity index (χ2n) is 3.42. The van der Waals surface area contributed by atoms with Crippen molar-refractivity contribution in [3.63, 3.8) is 0 Å². The van der Waals surface area contributed by atoms with Crippen LogP contribution in [0.3, 0.4) is 0 Å². The molecule has 0 saturated heterocycles. The second kappa shape index (κ2) is 3.46. The fourth-order valence-electron chi connectivity index (χ4n) is 1.60. The molecule has 1 aromatic rings. The summed E-state index contributed by atoms with van der Waals surface area (Å²) in [7, 11) is 0. The first-order chi connectivity index (χ1) is 6.68. The molecule has 0 N–H and O–H groups in total. The highest BCUT2D eigenvalue weighted by Gasteiger charge is 2.16. The molecule has 0 radical (unpaired) electrons. The summed E-state index contributed by atoms with van der Waals surface area (Å²) in [6.45, 7) is 4.61. The molecule has 1 aliphatic rings. The van der Waals surface area contributed by atoms with Gasteiger partial charge in [-0.3, -0.25) is 4.79 Å². The van der Waals surface area contributed by atoms with Gasteiger partial charge in [-0.05, 0) is 18.9 Å². The van der Waals surface area contributed by atoms with Crippen LogP contribution < -0.4 is 0 Å². The number of aromatic nitrogens is 2. The molecule has 0 aromatic carbocycles. The minimum atomic E-state index is -0.0959. The number of Topliss-reactive ketones (excluding diaryl/α,β-unsaturated/α-hetero) is 1. The third kappa shape index (κ3) is 1.53. The molecule has 1 aliphatic heterocycles. The molecule has 14 heavy (non-hydrogen) atoms. The summed E-state index contributed by atoms with van der Waals surface area (Å²) in [6, 6.07) is 0. The predicted molar refractivity (Wildman–Crippen MR) is 50.1 cm³/mol. The number of nitrogens with zero attached hydrogens (tertiary/aromatic N) is 2. The van der Waals surface area contributed by atoms with E-state index in [1.165, 1.54) is 6.92 Å². The van der Waals surface area contributed by atoms with E-state index in [1.54, 1.807) is 0 Å². The maximum Gasteiger partial charge on any atom is 0.196 e. The van der Waals surface area contributed by atoms with Crippen molar-refractivity contribution in [3.8, 4) is 0 Å². The van der Waals surface area contributed by atoms with E-state index in [0.717, 1.165) is 30.0 Å². The van der Waals surface area contributed by atoms with Crippen LogP contribution in [-0.4, -0.2) is 22.4 Å². The normalized spacial score (nSPS) is 15.0. The van der Waals surface area contributed by atoms with Gasteiger partial charge in [0.1, 0.15) is 0 Å². The van der Waals surface area contributed by atoms with E-state index in [0.29, 0.717) is 12.4 Å². The third-order valence-electron chi connectivity index (χ3n) is 2.35. The Morgan fingerprint density at radius 3 is 2.93 bits per heavy atom. The van der Waals surface area contributed by atoms with Crippen molar-refractivity contribution < 1.29 is 9.53 Å². The van der Waals surface area contributed by atoms with Gasteiger partial charge in [-0.25, -0.2) is 9.97 Å². The number of ketones is 1. The summed E-state index contributed by atoms with van der Waals surface area (Å²) in [5.41, 5.74) is 2.92. The van der Waals surface area contributed by atoms with E-state index in [1.807, 2.05) is 6.92 Å². The Hall–Kier alpha value is -1.29. The Balaban J connectivity index is 2.51. The molecule has 0 spiro atoms. The fraction of sp³-hybridized carbons (Fsp3) is 0.500. The lowest BCUT2D eigenvalue weighted by atomic mass is 10.1. The van der Waals surface area contributed by atoms with Crippen molar-refractivity contribution in [3.05, 3.63) is 22.8 Å². The average Bonchev–Trinajstić information content (AvgIpc) is 2.17. The van der Waals surface area contributed by atoms with Gasteiger partial charge in [0.05, 0.1) is 18.9 Å². The van der Waals surface area contributed by atoms with Gasteiger partial charge in [-0.15, -0.1) is 0 Å². The standard InChI is InChI=1S/C10H12N2O2/c1-6-8-3-4-14-5-9(8)12-10(11-6)7(2)13/h3-5H2,1-2H3. The monoisotopic (exact) mass is 192 g/mol. The number of carbonyl (C=O) groups is 1. The zero-order valence-electron chi connectivity index (χ0n) is 8.33. The Morgan fingerprint density at radius 2 is 2.21 bits per heavy atom. The molecular weight excluding hydrogens is 180 g/mol. The molecule has 2 heterocycles. The maximum absolute atomic E-state index is 11.1. The smallest absolute Gasteiger partial charge is 0.196 e. The third-order valence-corrected chi connectivity index (χ3v) is 2.35. The molecule has 0 saturated carbocycles. The molecule has 4 heteroatoms. The SMILES string of the molecule is CC(=O)c1nc(C)c2c(n1)COCC2. The molecular formula is C10H12N2O2. The van der Waals surface area contributed by atoms with E-state index in [9.17, 15) is 4.79 Å². The van der Waals surface area contributed by atoms with Crippen molar-refractivity contribution in [1.82, 2.24) is 9.97 Å². The Kier molecular flexibility index (Phi) is 2.29. The number of carbonyl (C=O) groups excluding carboxylic acids is 1. The van der Waals surface area contributed by atoms with Gasteiger partial charge >= 0.3 is 0 Å². The van der Waals surface area contributed by atoms with E-state index < -0.39 is 0 Å². The van der Waals surface area contributed by atoms with Crippen molar-refractivity contribution >= 4 is 5.78 Å². The number of fused-ring (bicyclic) bond motifs is 1. The lowest BCUT2D eigenvalue weighted by Crippen LogP contribution is -2.17. The summed E-state index contributed by atoms with van der Waals surface area (Å²) >= 11 is 0. The largest absolute Gasteiger partial charge is 0.375 e. The molecule has 1 aromatic heterocycles. The molecule has 0 aliphatic carbocycles. The fourth-order valence-corrected chi connectivity index (χ4v) is 1.60. The molecule has 0 bridgehead atoms. The molecule has 0 amide bonds. The van der Waals surface area contributed by atoms with Gasteiger partial charge in [0, 0.05) is 12.6 Å². The van der Waals surface area contributed by atoms with Crippen molar-refractivity contribution in [2.45, 2.75) is 26.9 Å². The Bertz CT molecular complexity index is 388. The highest BCUT2D eigenvalue weighted by molar-refractivity contribution is 5.90. The van der Waals surface area contributed by atoms with Crippen molar-refractivity contribution in [2.75, 3.05) is 6.61 Å². The topological polar surface area (TPSA) is 52.1 Å². The summed E-state index contributed by atoms with van der Waals surface area (Å²) in [5.74, 6) is 0.202. The van der Waals surface area contributed by atoms with Crippen LogP contribution in [0.2, 0.25) is 0 Å². The van der Waals surface area contributed by atoms with Gasteiger partial charge in [-0.1, -0.05) is 0 Å². The average molecular weight is 192 g/mol. The van der Waals surface area contributed by atoms with Gasteiger partial charge in [0.15, 0.2) is 11.6 Å². The molecule has 0 unspecified atom stereocenters. The van der Waals surface area contributed by atoms with Crippen LogP contribution in [0, 0.1) is 6.92 Å². The highest BCUT2D eigenvalue weighted by atomic mass is 16.5. The highest BCUT2D eigenvalue weighted by Crippen LogP contribution is 2.17.